The van der Waals surface area contributed by atoms with Crippen molar-refractivity contribution in [2.24, 2.45) is 5.16 Å². The molecule has 0 spiro atoms. The zero-order chi connectivity index (χ0) is 21.7. The fourth-order valence-electron chi connectivity index (χ4n) is 2.77. The normalized spacial score (nSPS) is 15.0. The fourth-order valence-corrected chi connectivity index (χ4v) is 2.77. The van der Waals surface area contributed by atoms with Crippen LogP contribution in [0.2, 0.25) is 0 Å². The van der Waals surface area contributed by atoms with E-state index in [1.165, 1.54) is 18.2 Å². The minimum Gasteiger partial charge on any atom is -0.453 e. The van der Waals surface area contributed by atoms with Crippen molar-refractivity contribution < 1.29 is 28.3 Å². The molecule has 30 heavy (non-hydrogen) atoms. The molecule has 0 saturated heterocycles. The Bertz CT molecular complexity index is 1020. The van der Waals surface area contributed by atoms with Crippen molar-refractivity contribution in [3.63, 3.8) is 0 Å². The fraction of sp³-hybridized carbons (Fsp3) is 0.238. The number of halogens is 1. The van der Waals surface area contributed by atoms with E-state index in [1.807, 2.05) is 19.9 Å². The van der Waals surface area contributed by atoms with E-state index in [0.29, 0.717) is 17.0 Å². The largest absolute Gasteiger partial charge is 0.453 e. The van der Waals surface area contributed by atoms with Gasteiger partial charge >= 0.3 is 12.0 Å². The Labute approximate surface area is 172 Å². The van der Waals surface area contributed by atoms with E-state index in [4.69, 9.17) is 9.57 Å². The predicted octanol–water partition coefficient (Wildman–Crippen LogP) is 2.83. The molecule has 3 rings (SSSR count). The number of benzene rings is 2. The molecule has 0 bridgehead atoms. The lowest BCUT2D eigenvalue weighted by molar-refractivity contribution is -0.158. The van der Waals surface area contributed by atoms with Crippen LogP contribution in [0.25, 0.3) is 0 Å². The Hall–Kier alpha value is -3.75. The Kier molecular flexibility index (Phi) is 6.41. The molecule has 0 radical (unpaired) electrons. The predicted molar refractivity (Wildman–Crippen MR) is 106 cm³/mol. The van der Waals surface area contributed by atoms with Crippen LogP contribution < -0.4 is 10.6 Å². The van der Waals surface area contributed by atoms with Crippen LogP contribution in [-0.2, 0) is 19.2 Å². The number of hydrogen-bond acceptors (Lipinski definition) is 6. The number of urea groups is 1. The first kappa shape index (κ1) is 21.0. The van der Waals surface area contributed by atoms with Crippen LogP contribution in [0.1, 0.15) is 23.1 Å². The highest BCUT2D eigenvalue weighted by molar-refractivity contribution is 6.04. The molecule has 0 aliphatic carbocycles. The number of nitrogens with one attached hydrogen (secondary N) is 2. The van der Waals surface area contributed by atoms with Crippen LogP contribution in [0.5, 0.6) is 0 Å². The van der Waals surface area contributed by atoms with Gasteiger partial charge in [-0.3, -0.25) is 10.1 Å². The number of carbonyl (C=O) groups excluding carboxylic acids is 3. The Morgan fingerprint density at radius 3 is 2.73 bits per heavy atom. The average molecular weight is 413 g/mol. The second-order valence-corrected chi connectivity index (χ2v) is 6.70. The standard InChI is InChI=1S/C21H20FN3O5/c1-12-5-3-8-16(13(12)2)23-21(28)24-19(26)11-29-20(27)18-10-17(25-30-18)14-6-4-7-15(22)9-14/h3-9,18H,10-11H2,1-2H3,(H2,23,24,26,28). The maximum absolute atomic E-state index is 13.3. The molecular formula is C21H20FN3O5. The number of rotatable bonds is 5. The van der Waals surface area contributed by atoms with Gasteiger partial charge in [0.05, 0.1) is 5.71 Å². The maximum atomic E-state index is 13.3. The summed E-state index contributed by atoms with van der Waals surface area (Å²) in [5, 5.41) is 8.42. The molecule has 1 heterocycles. The Morgan fingerprint density at radius 2 is 1.97 bits per heavy atom. The van der Waals surface area contributed by atoms with Gasteiger partial charge in [-0.25, -0.2) is 14.0 Å². The SMILES string of the molecule is Cc1cccc(NC(=O)NC(=O)COC(=O)C2CC(c3cccc(F)c3)=NO2)c1C. The van der Waals surface area contributed by atoms with Gasteiger partial charge in [-0.15, -0.1) is 0 Å². The molecule has 2 aromatic rings. The van der Waals surface area contributed by atoms with Crippen LogP contribution in [0, 0.1) is 19.7 Å². The zero-order valence-electron chi connectivity index (χ0n) is 16.4. The lowest BCUT2D eigenvalue weighted by Crippen LogP contribution is -2.38. The van der Waals surface area contributed by atoms with Gasteiger partial charge in [-0.05, 0) is 43.2 Å². The van der Waals surface area contributed by atoms with Gasteiger partial charge in [0.15, 0.2) is 6.61 Å². The van der Waals surface area contributed by atoms with E-state index in [9.17, 15) is 18.8 Å². The highest BCUT2D eigenvalue weighted by Gasteiger charge is 2.31. The summed E-state index contributed by atoms with van der Waals surface area (Å²) in [6.45, 7) is 3.09. The third-order valence-corrected chi connectivity index (χ3v) is 4.54. The number of imide groups is 1. The zero-order valence-corrected chi connectivity index (χ0v) is 16.4. The maximum Gasteiger partial charge on any atom is 0.351 e. The van der Waals surface area contributed by atoms with Crippen molar-refractivity contribution in [3.05, 3.63) is 65.0 Å². The van der Waals surface area contributed by atoms with Crippen LogP contribution in [0.3, 0.4) is 0 Å². The van der Waals surface area contributed by atoms with E-state index in [0.717, 1.165) is 11.1 Å². The molecule has 8 nitrogen and oxygen atoms in total. The molecule has 0 saturated carbocycles. The summed E-state index contributed by atoms with van der Waals surface area (Å²) in [6.07, 6.45) is -0.961. The second kappa shape index (κ2) is 9.17. The van der Waals surface area contributed by atoms with Crippen molar-refractivity contribution >= 4 is 29.3 Å². The molecule has 0 aromatic heterocycles. The first-order chi connectivity index (χ1) is 14.3. The number of esters is 1. The quantitative estimate of drug-likeness (QED) is 0.734. The lowest BCUT2D eigenvalue weighted by atomic mass is 10.1. The van der Waals surface area contributed by atoms with Crippen LogP contribution in [-0.4, -0.2) is 36.3 Å². The lowest BCUT2D eigenvalue weighted by Gasteiger charge is -2.11. The summed E-state index contributed by atoms with van der Waals surface area (Å²) < 4.78 is 18.2. The molecule has 3 amide bonds. The van der Waals surface area contributed by atoms with Gasteiger partial charge in [0.1, 0.15) is 5.82 Å². The summed E-state index contributed by atoms with van der Waals surface area (Å²) in [6, 6.07) is 10.4. The van der Waals surface area contributed by atoms with Crippen molar-refractivity contribution in [3.8, 4) is 0 Å². The summed E-state index contributed by atoms with van der Waals surface area (Å²) in [7, 11) is 0. The molecule has 2 N–H and O–H groups in total. The molecule has 156 valence electrons. The molecule has 0 fully saturated rings. The number of oxime groups is 1. The summed E-state index contributed by atoms with van der Waals surface area (Å²) in [4.78, 5) is 40.9. The number of amides is 3. The minimum absolute atomic E-state index is 0.0804. The monoisotopic (exact) mass is 413 g/mol. The summed E-state index contributed by atoms with van der Waals surface area (Å²) >= 11 is 0. The first-order valence-electron chi connectivity index (χ1n) is 9.16. The number of carbonyl (C=O) groups is 3. The molecule has 1 aliphatic heterocycles. The Balaban J connectivity index is 1.44. The Morgan fingerprint density at radius 1 is 1.20 bits per heavy atom. The smallest absolute Gasteiger partial charge is 0.351 e. The van der Waals surface area contributed by atoms with Gasteiger partial charge in [0.25, 0.3) is 5.91 Å². The van der Waals surface area contributed by atoms with Gasteiger partial charge in [-0.1, -0.05) is 29.4 Å². The van der Waals surface area contributed by atoms with Gasteiger partial charge < -0.3 is 14.9 Å². The average Bonchev–Trinajstić information content (AvgIpc) is 3.20. The van der Waals surface area contributed by atoms with E-state index in [-0.39, 0.29) is 6.42 Å². The van der Waals surface area contributed by atoms with Crippen LogP contribution in [0.15, 0.2) is 47.6 Å². The first-order valence-corrected chi connectivity index (χ1v) is 9.16. The third kappa shape index (κ3) is 5.19. The number of aryl methyl sites for hydroxylation is 1. The molecule has 1 atom stereocenters. The summed E-state index contributed by atoms with van der Waals surface area (Å²) in [5.74, 6) is -2.04. The van der Waals surface area contributed by atoms with Crippen molar-refractivity contribution in [2.45, 2.75) is 26.4 Å². The molecule has 1 aliphatic rings. The molecule has 9 heteroatoms. The van der Waals surface area contributed by atoms with Crippen molar-refractivity contribution in [2.75, 3.05) is 11.9 Å². The van der Waals surface area contributed by atoms with E-state index in [1.54, 1.807) is 18.2 Å². The van der Waals surface area contributed by atoms with E-state index < -0.39 is 36.4 Å². The number of nitrogens with zero attached hydrogens (tertiary/aromatic N) is 1. The summed E-state index contributed by atoms with van der Waals surface area (Å²) in [5.41, 5.74) is 3.32. The van der Waals surface area contributed by atoms with Crippen LogP contribution >= 0.6 is 0 Å². The number of hydrogen-bond donors (Lipinski definition) is 2. The third-order valence-electron chi connectivity index (χ3n) is 4.54. The van der Waals surface area contributed by atoms with Crippen LogP contribution in [0.4, 0.5) is 14.9 Å². The minimum atomic E-state index is -1.04. The number of anilines is 1. The van der Waals surface area contributed by atoms with E-state index >= 15 is 0 Å². The van der Waals surface area contributed by atoms with Crippen molar-refractivity contribution in [1.29, 1.82) is 0 Å². The molecule has 2 aromatic carbocycles. The van der Waals surface area contributed by atoms with E-state index in [2.05, 4.69) is 15.8 Å². The topological polar surface area (TPSA) is 106 Å². The molecular weight excluding hydrogens is 393 g/mol. The highest BCUT2D eigenvalue weighted by atomic mass is 19.1. The van der Waals surface area contributed by atoms with Gasteiger partial charge in [-0.2, -0.15) is 0 Å². The van der Waals surface area contributed by atoms with Gasteiger partial charge in [0, 0.05) is 17.7 Å². The second-order valence-electron chi connectivity index (χ2n) is 6.70. The number of ether oxygens (including phenoxy) is 1. The van der Waals surface area contributed by atoms with Gasteiger partial charge in [0.2, 0.25) is 6.10 Å². The highest BCUT2D eigenvalue weighted by Crippen LogP contribution is 2.19. The molecule has 1 unspecified atom stereocenters. The van der Waals surface area contributed by atoms with Crippen molar-refractivity contribution in [1.82, 2.24) is 5.32 Å².